The van der Waals surface area contributed by atoms with Crippen LogP contribution in [0, 0.1) is 0 Å². The van der Waals surface area contributed by atoms with Crippen LogP contribution in [-0.4, -0.2) is 11.7 Å². The molecule has 7 heavy (non-hydrogen) atoms. The van der Waals surface area contributed by atoms with Gasteiger partial charge >= 0.3 is 0 Å². The van der Waals surface area contributed by atoms with Gasteiger partial charge in [0.15, 0.2) is 0 Å². The highest BCUT2D eigenvalue weighted by atomic mass is 35.5. The van der Waals surface area contributed by atoms with Gasteiger partial charge in [-0.2, -0.15) is 0 Å². The summed E-state index contributed by atoms with van der Waals surface area (Å²) in [6, 6.07) is 0. The van der Waals surface area contributed by atoms with Gasteiger partial charge in [0.25, 0.3) is 0 Å². The number of alkyl halides is 1. The summed E-state index contributed by atoms with van der Waals surface area (Å²) in [5.41, 5.74) is 4.78. The van der Waals surface area contributed by atoms with Crippen LogP contribution < -0.4 is 5.73 Å². The van der Waals surface area contributed by atoms with Crippen LogP contribution in [0.2, 0.25) is 0 Å². The normalized spacial score (nSPS) is 47.6. The summed E-state index contributed by atoms with van der Waals surface area (Å²) in [5, 5.41) is 0. The van der Waals surface area contributed by atoms with Crippen LogP contribution in [0.4, 0.5) is 4.39 Å². The lowest BCUT2D eigenvalue weighted by Gasteiger charge is -1.90. The van der Waals surface area contributed by atoms with Crippen LogP contribution in [0.3, 0.4) is 0 Å². The van der Waals surface area contributed by atoms with Crippen LogP contribution in [0.25, 0.3) is 0 Å². The van der Waals surface area contributed by atoms with Gasteiger partial charge in [-0.05, 0) is 6.92 Å². The fourth-order valence-electron chi connectivity index (χ4n) is 0.327. The molecule has 1 fully saturated rings. The van der Waals surface area contributed by atoms with Crippen molar-refractivity contribution in [1.82, 2.24) is 0 Å². The Morgan fingerprint density at radius 3 is 2.00 bits per heavy atom. The van der Waals surface area contributed by atoms with Gasteiger partial charge in [-0.25, -0.2) is 4.39 Å². The molecule has 0 heterocycles. The molecule has 1 aliphatic rings. The highest BCUT2D eigenvalue weighted by Gasteiger charge is 2.47. The molecule has 1 saturated carbocycles. The topological polar surface area (TPSA) is 26.0 Å². The summed E-state index contributed by atoms with van der Waals surface area (Å²) in [5.74, 6) is 0. The molecule has 2 N–H and O–H groups in total. The van der Waals surface area contributed by atoms with Gasteiger partial charge < -0.3 is 5.73 Å². The van der Waals surface area contributed by atoms with Crippen molar-refractivity contribution in [2.75, 3.05) is 0 Å². The van der Waals surface area contributed by atoms with Gasteiger partial charge in [0.1, 0.15) is 6.17 Å². The van der Waals surface area contributed by atoms with E-state index in [9.17, 15) is 4.39 Å². The Morgan fingerprint density at radius 2 is 2.00 bits per heavy atom. The fourth-order valence-corrected chi connectivity index (χ4v) is 0.327. The zero-order valence-electron chi connectivity index (χ0n) is 4.15. The third kappa shape index (κ3) is 1.28. The Kier molecular flexibility index (Phi) is 1.64. The standard InChI is InChI=1S/C4H8FN.ClH/c1-4(6)2-3(4)5;/h3H,2,6H2,1H3;1H/t3-,4+;/m1./s1. The van der Waals surface area contributed by atoms with Gasteiger partial charge in [-0.15, -0.1) is 12.4 Å². The molecular weight excluding hydrogens is 117 g/mol. The predicted octanol–water partition coefficient (Wildman–Crippen LogP) is 0.867. The molecule has 3 heteroatoms. The molecule has 0 saturated heterocycles. The highest BCUT2D eigenvalue weighted by molar-refractivity contribution is 5.85. The third-order valence-corrected chi connectivity index (χ3v) is 1.17. The van der Waals surface area contributed by atoms with E-state index >= 15 is 0 Å². The molecule has 0 aromatic rings. The lowest BCUT2D eigenvalue weighted by Crippen LogP contribution is -2.19. The molecule has 0 aromatic carbocycles. The molecule has 0 aromatic heterocycles. The maximum absolute atomic E-state index is 11.8. The van der Waals surface area contributed by atoms with E-state index in [4.69, 9.17) is 5.73 Å². The van der Waals surface area contributed by atoms with Gasteiger partial charge in [-0.3, -0.25) is 0 Å². The molecular formula is C4H9ClFN. The smallest absolute Gasteiger partial charge is 0.120 e. The van der Waals surface area contributed by atoms with E-state index in [1.165, 1.54) is 0 Å². The summed E-state index contributed by atoms with van der Waals surface area (Å²) in [7, 11) is 0. The molecule has 44 valence electrons. The average molecular weight is 126 g/mol. The van der Waals surface area contributed by atoms with E-state index in [1.807, 2.05) is 0 Å². The maximum Gasteiger partial charge on any atom is 0.120 e. The SMILES string of the molecule is C[C@]1(N)C[C@H]1F.Cl. The quantitative estimate of drug-likeness (QED) is 0.511. The van der Waals surface area contributed by atoms with Crippen molar-refractivity contribution in [2.45, 2.75) is 25.1 Å². The van der Waals surface area contributed by atoms with E-state index < -0.39 is 11.7 Å². The van der Waals surface area contributed by atoms with Crippen molar-refractivity contribution < 1.29 is 4.39 Å². The second-order valence-corrected chi connectivity index (χ2v) is 2.18. The second-order valence-electron chi connectivity index (χ2n) is 2.18. The van der Waals surface area contributed by atoms with Crippen molar-refractivity contribution in [2.24, 2.45) is 5.73 Å². The Labute approximate surface area is 48.5 Å². The number of nitrogens with two attached hydrogens (primary N) is 1. The van der Waals surface area contributed by atoms with Crippen molar-refractivity contribution >= 4 is 12.4 Å². The first-order valence-corrected chi connectivity index (χ1v) is 2.06. The number of hydrogen-bond acceptors (Lipinski definition) is 1. The first kappa shape index (κ1) is 7.18. The van der Waals surface area contributed by atoms with Crippen LogP contribution in [0.1, 0.15) is 13.3 Å². The van der Waals surface area contributed by atoms with Crippen molar-refractivity contribution in [3.63, 3.8) is 0 Å². The lowest BCUT2D eigenvalue weighted by atomic mass is 10.4. The van der Waals surface area contributed by atoms with Crippen LogP contribution in [0.15, 0.2) is 0 Å². The molecule has 0 spiro atoms. The molecule has 0 unspecified atom stereocenters. The molecule has 2 atom stereocenters. The number of halogens is 2. The minimum atomic E-state index is -0.725. The Bertz CT molecular complexity index is 74.1. The summed E-state index contributed by atoms with van der Waals surface area (Å²) in [4.78, 5) is 0. The molecule has 0 aliphatic heterocycles. The van der Waals surface area contributed by atoms with E-state index in [1.54, 1.807) is 6.92 Å². The highest BCUT2D eigenvalue weighted by Crippen LogP contribution is 2.35. The molecule has 0 radical (unpaired) electrons. The third-order valence-electron chi connectivity index (χ3n) is 1.17. The monoisotopic (exact) mass is 125 g/mol. The Hall–Kier alpha value is 0.180. The molecule has 0 bridgehead atoms. The van der Waals surface area contributed by atoms with E-state index in [-0.39, 0.29) is 12.4 Å². The van der Waals surface area contributed by atoms with E-state index in [0.29, 0.717) is 6.42 Å². The van der Waals surface area contributed by atoms with Crippen molar-refractivity contribution in [3.8, 4) is 0 Å². The fraction of sp³-hybridized carbons (Fsp3) is 1.00. The molecule has 1 aliphatic carbocycles. The minimum absolute atomic E-state index is 0. The summed E-state index contributed by atoms with van der Waals surface area (Å²) in [6.45, 7) is 1.72. The second kappa shape index (κ2) is 1.60. The number of rotatable bonds is 0. The zero-order chi connectivity index (χ0) is 4.78. The molecule has 1 nitrogen and oxygen atoms in total. The zero-order valence-corrected chi connectivity index (χ0v) is 4.96. The minimum Gasteiger partial charge on any atom is -0.323 e. The van der Waals surface area contributed by atoms with Crippen molar-refractivity contribution in [1.29, 1.82) is 0 Å². The summed E-state index contributed by atoms with van der Waals surface area (Å²) >= 11 is 0. The average Bonchev–Trinajstić information content (AvgIpc) is 1.73. The molecule has 1 rings (SSSR count). The molecule has 0 amide bonds. The van der Waals surface area contributed by atoms with Gasteiger partial charge in [0.05, 0.1) is 0 Å². The van der Waals surface area contributed by atoms with Crippen LogP contribution >= 0.6 is 12.4 Å². The first-order valence-electron chi connectivity index (χ1n) is 2.06. The van der Waals surface area contributed by atoms with Gasteiger partial charge in [-0.1, -0.05) is 0 Å². The first-order chi connectivity index (χ1) is 2.63. The van der Waals surface area contributed by atoms with E-state index in [2.05, 4.69) is 0 Å². The Morgan fingerprint density at radius 1 is 1.86 bits per heavy atom. The number of hydrogen-bond donors (Lipinski definition) is 1. The van der Waals surface area contributed by atoms with Crippen molar-refractivity contribution in [3.05, 3.63) is 0 Å². The summed E-state index contributed by atoms with van der Waals surface area (Å²) in [6.07, 6.45) is -0.176. The summed E-state index contributed by atoms with van der Waals surface area (Å²) < 4.78 is 11.8. The largest absolute Gasteiger partial charge is 0.323 e. The lowest BCUT2D eigenvalue weighted by molar-refractivity contribution is 0.432. The predicted molar refractivity (Wildman–Crippen MR) is 29.4 cm³/mol. The van der Waals surface area contributed by atoms with Gasteiger partial charge in [0.2, 0.25) is 0 Å². The van der Waals surface area contributed by atoms with Gasteiger partial charge in [0, 0.05) is 12.0 Å². The van der Waals surface area contributed by atoms with E-state index in [0.717, 1.165) is 0 Å². The van der Waals surface area contributed by atoms with Crippen LogP contribution in [0.5, 0.6) is 0 Å². The van der Waals surface area contributed by atoms with Crippen LogP contribution in [-0.2, 0) is 0 Å². The Balaban J connectivity index is 0.000000360. The maximum atomic E-state index is 11.8.